The molecule has 15 heavy (non-hydrogen) atoms. The van der Waals surface area contributed by atoms with Crippen molar-refractivity contribution in [3.05, 3.63) is 0 Å². The lowest BCUT2D eigenvalue weighted by molar-refractivity contribution is -0.135. The lowest BCUT2D eigenvalue weighted by Crippen LogP contribution is -2.38. The minimum absolute atomic E-state index is 0.0969. The zero-order valence-corrected chi connectivity index (χ0v) is 10.2. The predicted octanol–water partition coefficient (Wildman–Crippen LogP) is 0.856. The first-order valence-corrected chi connectivity index (χ1v) is 5.65. The highest BCUT2D eigenvalue weighted by molar-refractivity contribution is 5.78. The third kappa shape index (κ3) is 5.74. The van der Waals surface area contributed by atoms with E-state index in [1.807, 2.05) is 18.7 Å². The molecule has 1 amide bonds. The summed E-state index contributed by atoms with van der Waals surface area (Å²) in [6, 6.07) is 0. The minimum atomic E-state index is 0.0969. The summed E-state index contributed by atoms with van der Waals surface area (Å²) in [7, 11) is 1.65. The molecule has 0 rings (SSSR count). The first kappa shape index (κ1) is 14.4. The van der Waals surface area contributed by atoms with E-state index in [0.717, 1.165) is 19.4 Å². The molecule has 0 aliphatic rings. The molecule has 0 radical (unpaired) electrons. The quantitative estimate of drug-likeness (QED) is 0.654. The van der Waals surface area contributed by atoms with Crippen molar-refractivity contribution in [3.63, 3.8) is 0 Å². The first-order chi connectivity index (χ1) is 7.17. The number of carbonyl (C=O) groups is 1. The molecule has 1 atom stereocenters. The molecule has 0 aliphatic carbocycles. The van der Waals surface area contributed by atoms with Gasteiger partial charge in [0.05, 0.1) is 6.61 Å². The molecule has 0 heterocycles. The number of rotatable bonds is 8. The Bertz CT molecular complexity index is 166. The van der Waals surface area contributed by atoms with Crippen LogP contribution in [0.1, 0.15) is 26.7 Å². The van der Waals surface area contributed by atoms with Gasteiger partial charge in [0, 0.05) is 26.1 Å². The molecular formula is C11H24N2O2. The fourth-order valence-electron chi connectivity index (χ4n) is 1.30. The van der Waals surface area contributed by atoms with Gasteiger partial charge in [-0.3, -0.25) is 4.79 Å². The average molecular weight is 216 g/mol. The van der Waals surface area contributed by atoms with Crippen LogP contribution in [0.3, 0.4) is 0 Å². The summed E-state index contributed by atoms with van der Waals surface area (Å²) < 4.78 is 4.99. The number of amides is 1. The van der Waals surface area contributed by atoms with Crippen LogP contribution in [0.25, 0.3) is 0 Å². The van der Waals surface area contributed by atoms with Crippen LogP contribution in [0.4, 0.5) is 0 Å². The highest BCUT2D eigenvalue weighted by Gasteiger charge is 2.17. The Hall–Kier alpha value is -0.610. The van der Waals surface area contributed by atoms with Crippen LogP contribution in [0.5, 0.6) is 0 Å². The standard InChI is InChI=1S/C11H24N2O2/c1-4-10(2)11(14)13(7-5-6-12)8-9-15-3/h10H,4-9,12H2,1-3H3. The van der Waals surface area contributed by atoms with Gasteiger partial charge in [0.25, 0.3) is 0 Å². The van der Waals surface area contributed by atoms with E-state index < -0.39 is 0 Å². The summed E-state index contributed by atoms with van der Waals surface area (Å²) in [6.45, 7) is 6.61. The summed E-state index contributed by atoms with van der Waals surface area (Å²) in [6.07, 6.45) is 1.73. The van der Waals surface area contributed by atoms with E-state index in [0.29, 0.717) is 19.7 Å². The molecule has 1 unspecified atom stereocenters. The molecule has 0 aromatic heterocycles. The summed E-state index contributed by atoms with van der Waals surface area (Å²) >= 11 is 0. The largest absolute Gasteiger partial charge is 0.383 e. The molecule has 2 N–H and O–H groups in total. The van der Waals surface area contributed by atoms with E-state index >= 15 is 0 Å². The van der Waals surface area contributed by atoms with E-state index in [1.165, 1.54) is 0 Å². The summed E-state index contributed by atoms with van der Waals surface area (Å²) in [5.41, 5.74) is 5.45. The zero-order chi connectivity index (χ0) is 11.7. The van der Waals surface area contributed by atoms with E-state index in [2.05, 4.69) is 0 Å². The van der Waals surface area contributed by atoms with Crippen molar-refractivity contribution in [3.8, 4) is 0 Å². The number of carbonyl (C=O) groups excluding carboxylic acids is 1. The number of nitrogens with zero attached hydrogens (tertiary/aromatic N) is 1. The van der Waals surface area contributed by atoms with Crippen LogP contribution in [0.2, 0.25) is 0 Å². The molecule has 0 bridgehead atoms. The monoisotopic (exact) mass is 216 g/mol. The van der Waals surface area contributed by atoms with Crippen LogP contribution in [-0.4, -0.2) is 44.2 Å². The van der Waals surface area contributed by atoms with Gasteiger partial charge in [0.15, 0.2) is 0 Å². The Labute approximate surface area is 92.8 Å². The molecule has 0 saturated carbocycles. The van der Waals surface area contributed by atoms with Gasteiger partial charge in [-0.2, -0.15) is 0 Å². The highest BCUT2D eigenvalue weighted by atomic mass is 16.5. The zero-order valence-electron chi connectivity index (χ0n) is 10.2. The van der Waals surface area contributed by atoms with Gasteiger partial charge >= 0.3 is 0 Å². The van der Waals surface area contributed by atoms with Crippen molar-refractivity contribution >= 4 is 5.91 Å². The molecule has 0 saturated heterocycles. The van der Waals surface area contributed by atoms with Gasteiger partial charge < -0.3 is 15.4 Å². The summed E-state index contributed by atoms with van der Waals surface area (Å²) in [5, 5.41) is 0. The van der Waals surface area contributed by atoms with Gasteiger partial charge in [0.2, 0.25) is 5.91 Å². The maximum atomic E-state index is 11.9. The van der Waals surface area contributed by atoms with E-state index in [9.17, 15) is 4.79 Å². The van der Waals surface area contributed by atoms with Gasteiger partial charge in [-0.15, -0.1) is 0 Å². The summed E-state index contributed by atoms with van der Waals surface area (Å²) in [5.74, 6) is 0.308. The Morgan fingerprint density at radius 3 is 2.60 bits per heavy atom. The summed E-state index contributed by atoms with van der Waals surface area (Å²) in [4.78, 5) is 13.8. The van der Waals surface area contributed by atoms with E-state index in [1.54, 1.807) is 7.11 Å². The van der Waals surface area contributed by atoms with Crippen LogP contribution in [0.15, 0.2) is 0 Å². The molecule has 0 fully saturated rings. The minimum Gasteiger partial charge on any atom is -0.383 e. The number of ether oxygens (including phenoxy) is 1. The lowest BCUT2D eigenvalue weighted by Gasteiger charge is -2.25. The third-order valence-corrected chi connectivity index (χ3v) is 2.54. The lowest BCUT2D eigenvalue weighted by atomic mass is 10.1. The topological polar surface area (TPSA) is 55.6 Å². The Morgan fingerprint density at radius 2 is 2.13 bits per heavy atom. The van der Waals surface area contributed by atoms with E-state index in [-0.39, 0.29) is 11.8 Å². The molecule has 4 nitrogen and oxygen atoms in total. The molecule has 0 aromatic carbocycles. The molecule has 4 heteroatoms. The maximum Gasteiger partial charge on any atom is 0.225 e. The second kappa shape index (κ2) is 8.68. The Balaban J connectivity index is 4.13. The average Bonchev–Trinajstić information content (AvgIpc) is 2.27. The highest BCUT2D eigenvalue weighted by Crippen LogP contribution is 2.07. The van der Waals surface area contributed by atoms with Crippen LogP contribution in [-0.2, 0) is 9.53 Å². The molecule has 0 aromatic rings. The number of hydrogen-bond acceptors (Lipinski definition) is 3. The normalized spacial score (nSPS) is 12.5. The van der Waals surface area contributed by atoms with Crippen LogP contribution in [0, 0.1) is 5.92 Å². The van der Waals surface area contributed by atoms with Crippen LogP contribution < -0.4 is 5.73 Å². The van der Waals surface area contributed by atoms with Crippen molar-refractivity contribution in [1.82, 2.24) is 4.90 Å². The molecule has 0 aliphatic heterocycles. The fraction of sp³-hybridized carbons (Fsp3) is 0.909. The molecular weight excluding hydrogens is 192 g/mol. The van der Waals surface area contributed by atoms with Crippen molar-refractivity contribution in [2.24, 2.45) is 11.7 Å². The van der Waals surface area contributed by atoms with Gasteiger partial charge in [-0.25, -0.2) is 0 Å². The second-order valence-electron chi connectivity index (χ2n) is 3.77. The van der Waals surface area contributed by atoms with Gasteiger partial charge in [-0.1, -0.05) is 13.8 Å². The number of nitrogens with two attached hydrogens (primary N) is 1. The van der Waals surface area contributed by atoms with Crippen molar-refractivity contribution < 1.29 is 9.53 Å². The molecule has 0 spiro atoms. The maximum absolute atomic E-state index is 11.9. The third-order valence-electron chi connectivity index (χ3n) is 2.54. The van der Waals surface area contributed by atoms with Gasteiger partial charge in [-0.05, 0) is 19.4 Å². The first-order valence-electron chi connectivity index (χ1n) is 5.65. The van der Waals surface area contributed by atoms with Crippen molar-refractivity contribution in [2.75, 3.05) is 33.4 Å². The number of methoxy groups -OCH3 is 1. The van der Waals surface area contributed by atoms with Crippen LogP contribution >= 0.6 is 0 Å². The van der Waals surface area contributed by atoms with Crippen molar-refractivity contribution in [2.45, 2.75) is 26.7 Å². The Kier molecular flexibility index (Phi) is 8.33. The molecule has 90 valence electrons. The van der Waals surface area contributed by atoms with E-state index in [4.69, 9.17) is 10.5 Å². The number of hydrogen-bond donors (Lipinski definition) is 1. The predicted molar refractivity (Wildman–Crippen MR) is 61.6 cm³/mol. The van der Waals surface area contributed by atoms with Gasteiger partial charge in [0.1, 0.15) is 0 Å². The smallest absolute Gasteiger partial charge is 0.225 e. The SMILES string of the molecule is CCC(C)C(=O)N(CCCN)CCOC. The fourth-order valence-corrected chi connectivity index (χ4v) is 1.30. The Morgan fingerprint density at radius 1 is 1.47 bits per heavy atom. The van der Waals surface area contributed by atoms with Crippen molar-refractivity contribution in [1.29, 1.82) is 0 Å². The second-order valence-corrected chi connectivity index (χ2v) is 3.77.